The van der Waals surface area contributed by atoms with Crippen LogP contribution < -0.4 is 0 Å². The Hall–Kier alpha value is -1.59. The van der Waals surface area contributed by atoms with E-state index < -0.39 is 0 Å². The second-order valence-corrected chi connectivity index (χ2v) is 7.15. The van der Waals surface area contributed by atoms with Crippen LogP contribution in [0, 0.1) is 11.8 Å². The summed E-state index contributed by atoms with van der Waals surface area (Å²) in [6.07, 6.45) is 0.421. The molecule has 0 aliphatic carbocycles. The first-order valence-corrected chi connectivity index (χ1v) is 8.74. The molecule has 0 saturated carbocycles. The second-order valence-electron chi connectivity index (χ2n) is 6.72. The number of fused-ring (bicyclic) bond motifs is 1. The SMILES string of the molecule is COC(=O)CCC(=O)N1C[C@@H]2CN(Cc3ccc(Cl)cc3)C[C@H]2C1. The molecule has 2 aliphatic rings. The molecule has 0 radical (unpaired) electrons. The number of methoxy groups -OCH3 is 1. The van der Waals surface area contributed by atoms with Gasteiger partial charge in [0.1, 0.15) is 0 Å². The lowest BCUT2D eigenvalue weighted by atomic mass is 10.0. The van der Waals surface area contributed by atoms with Gasteiger partial charge in [0, 0.05) is 44.2 Å². The zero-order chi connectivity index (χ0) is 17.1. The van der Waals surface area contributed by atoms with E-state index in [2.05, 4.69) is 21.8 Å². The Morgan fingerprint density at radius 1 is 1.08 bits per heavy atom. The molecule has 0 N–H and O–H groups in total. The summed E-state index contributed by atoms with van der Waals surface area (Å²) < 4.78 is 4.59. The summed E-state index contributed by atoms with van der Waals surface area (Å²) in [4.78, 5) is 27.7. The number of ether oxygens (including phenoxy) is 1. The van der Waals surface area contributed by atoms with E-state index in [-0.39, 0.29) is 24.7 Å². The first-order valence-electron chi connectivity index (χ1n) is 8.36. The van der Waals surface area contributed by atoms with Gasteiger partial charge in [-0.05, 0) is 29.5 Å². The fraction of sp³-hybridized carbons (Fsp3) is 0.556. The molecule has 3 rings (SSSR count). The van der Waals surface area contributed by atoms with E-state index in [4.69, 9.17) is 11.6 Å². The van der Waals surface area contributed by atoms with Crippen molar-refractivity contribution in [3.8, 4) is 0 Å². The monoisotopic (exact) mass is 350 g/mol. The van der Waals surface area contributed by atoms with Gasteiger partial charge in [-0.3, -0.25) is 14.5 Å². The van der Waals surface area contributed by atoms with Crippen molar-refractivity contribution < 1.29 is 14.3 Å². The van der Waals surface area contributed by atoms with Gasteiger partial charge in [0.15, 0.2) is 0 Å². The molecule has 2 atom stereocenters. The molecule has 1 aromatic rings. The Kier molecular flexibility index (Phi) is 5.41. The molecule has 5 nitrogen and oxygen atoms in total. The van der Waals surface area contributed by atoms with E-state index in [1.807, 2.05) is 17.0 Å². The van der Waals surface area contributed by atoms with Gasteiger partial charge in [0.25, 0.3) is 0 Å². The molecule has 6 heteroatoms. The van der Waals surface area contributed by atoms with Crippen molar-refractivity contribution in [1.82, 2.24) is 9.80 Å². The number of esters is 1. The van der Waals surface area contributed by atoms with E-state index in [1.165, 1.54) is 12.7 Å². The van der Waals surface area contributed by atoms with E-state index in [0.29, 0.717) is 11.8 Å². The summed E-state index contributed by atoms with van der Waals surface area (Å²) in [7, 11) is 1.35. The molecule has 2 aliphatic heterocycles. The predicted molar refractivity (Wildman–Crippen MR) is 91.5 cm³/mol. The first kappa shape index (κ1) is 17.2. The minimum Gasteiger partial charge on any atom is -0.469 e. The topological polar surface area (TPSA) is 49.9 Å². The third-order valence-electron chi connectivity index (χ3n) is 5.00. The molecule has 0 aromatic heterocycles. The lowest BCUT2D eigenvalue weighted by molar-refractivity contribution is -0.143. The van der Waals surface area contributed by atoms with Crippen LogP contribution in [-0.2, 0) is 20.9 Å². The van der Waals surface area contributed by atoms with Gasteiger partial charge in [-0.2, -0.15) is 0 Å². The molecule has 130 valence electrons. The number of halogens is 1. The Labute approximate surface area is 147 Å². The molecular formula is C18H23ClN2O3. The van der Waals surface area contributed by atoms with Crippen LogP contribution in [0.15, 0.2) is 24.3 Å². The number of carbonyl (C=O) groups is 2. The van der Waals surface area contributed by atoms with Crippen LogP contribution in [0.3, 0.4) is 0 Å². The third-order valence-corrected chi connectivity index (χ3v) is 5.26. The van der Waals surface area contributed by atoms with Crippen molar-refractivity contribution in [2.45, 2.75) is 19.4 Å². The fourth-order valence-electron chi connectivity index (χ4n) is 3.74. The van der Waals surface area contributed by atoms with Gasteiger partial charge in [-0.1, -0.05) is 23.7 Å². The maximum Gasteiger partial charge on any atom is 0.306 e. The highest BCUT2D eigenvalue weighted by Gasteiger charge is 2.41. The standard InChI is InChI=1S/C18H23ClN2O3/c1-24-18(23)7-6-17(22)21-11-14-9-20(10-15(14)12-21)8-13-2-4-16(19)5-3-13/h2-5,14-15H,6-12H2,1H3/t14-,15-/m0/s1. The van der Waals surface area contributed by atoms with Crippen LogP contribution in [0.1, 0.15) is 18.4 Å². The van der Waals surface area contributed by atoms with Crippen molar-refractivity contribution >= 4 is 23.5 Å². The maximum atomic E-state index is 12.2. The van der Waals surface area contributed by atoms with Crippen LogP contribution in [0.4, 0.5) is 0 Å². The van der Waals surface area contributed by atoms with Crippen LogP contribution in [0.5, 0.6) is 0 Å². The third kappa shape index (κ3) is 4.08. The number of rotatable bonds is 5. The number of hydrogen-bond acceptors (Lipinski definition) is 4. The zero-order valence-electron chi connectivity index (χ0n) is 13.9. The van der Waals surface area contributed by atoms with Gasteiger partial charge in [-0.15, -0.1) is 0 Å². The molecule has 0 bridgehead atoms. The summed E-state index contributed by atoms with van der Waals surface area (Å²) >= 11 is 5.93. The van der Waals surface area contributed by atoms with Crippen LogP contribution in [0.25, 0.3) is 0 Å². The van der Waals surface area contributed by atoms with E-state index in [1.54, 1.807) is 0 Å². The minimum atomic E-state index is -0.322. The minimum absolute atomic E-state index is 0.0686. The number of amides is 1. The molecule has 1 aromatic carbocycles. The Morgan fingerprint density at radius 2 is 1.71 bits per heavy atom. The van der Waals surface area contributed by atoms with Gasteiger partial charge in [0.2, 0.25) is 5.91 Å². The Balaban J connectivity index is 1.46. The number of carbonyl (C=O) groups excluding carboxylic acids is 2. The van der Waals surface area contributed by atoms with Crippen molar-refractivity contribution in [1.29, 1.82) is 0 Å². The van der Waals surface area contributed by atoms with Crippen LogP contribution in [0.2, 0.25) is 5.02 Å². The number of likely N-dealkylation sites (tertiary alicyclic amines) is 2. The molecule has 2 fully saturated rings. The average molecular weight is 351 g/mol. The van der Waals surface area contributed by atoms with Crippen molar-refractivity contribution in [2.24, 2.45) is 11.8 Å². The van der Waals surface area contributed by atoms with Crippen molar-refractivity contribution in [3.63, 3.8) is 0 Å². The lowest BCUT2D eigenvalue weighted by Gasteiger charge is -2.21. The summed E-state index contributed by atoms with van der Waals surface area (Å²) in [5.41, 5.74) is 1.27. The predicted octanol–water partition coefficient (Wildman–Crippen LogP) is 2.18. The summed E-state index contributed by atoms with van der Waals surface area (Å²) in [5.74, 6) is 0.828. The maximum absolute atomic E-state index is 12.2. The molecular weight excluding hydrogens is 328 g/mol. The second kappa shape index (κ2) is 7.53. The van der Waals surface area contributed by atoms with Crippen molar-refractivity contribution in [3.05, 3.63) is 34.9 Å². The highest BCUT2D eigenvalue weighted by molar-refractivity contribution is 6.30. The smallest absolute Gasteiger partial charge is 0.306 e. The van der Waals surface area contributed by atoms with Crippen LogP contribution >= 0.6 is 11.6 Å². The normalized spacial score (nSPS) is 23.3. The van der Waals surface area contributed by atoms with Crippen molar-refractivity contribution in [2.75, 3.05) is 33.3 Å². The van der Waals surface area contributed by atoms with Gasteiger partial charge in [-0.25, -0.2) is 0 Å². The highest BCUT2D eigenvalue weighted by Crippen LogP contribution is 2.32. The largest absolute Gasteiger partial charge is 0.469 e. The Morgan fingerprint density at radius 3 is 2.29 bits per heavy atom. The number of benzene rings is 1. The first-order chi connectivity index (χ1) is 11.5. The summed E-state index contributed by atoms with van der Waals surface area (Å²) in [6.45, 7) is 4.59. The lowest BCUT2D eigenvalue weighted by Crippen LogP contribution is -2.33. The highest BCUT2D eigenvalue weighted by atomic mass is 35.5. The zero-order valence-corrected chi connectivity index (χ0v) is 14.7. The van der Waals surface area contributed by atoms with E-state index in [0.717, 1.165) is 37.7 Å². The van der Waals surface area contributed by atoms with E-state index >= 15 is 0 Å². The molecule has 24 heavy (non-hydrogen) atoms. The average Bonchev–Trinajstić information content (AvgIpc) is 3.12. The number of hydrogen-bond donors (Lipinski definition) is 0. The molecule has 2 heterocycles. The molecule has 0 spiro atoms. The number of nitrogens with zero attached hydrogens (tertiary/aromatic N) is 2. The Bertz CT molecular complexity index is 591. The van der Waals surface area contributed by atoms with Gasteiger partial charge in [0.05, 0.1) is 13.5 Å². The molecule has 1 amide bonds. The molecule has 2 saturated heterocycles. The van der Waals surface area contributed by atoms with Gasteiger partial charge >= 0.3 is 5.97 Å². The fourth-order valence-corrected chi connectivity index (χ4v) is 3.87. The molecule has 0 unspecified atom stereocenters. The van der Waals surface area contributed by atoms with Crippen LogP contribution in [-0.4, -0.2) is 55.0 Å². The van der Waals surface area contributed by atoms with E-state index in [9.17, 15) is 9.59 Å². The summed E-state index contributed by atoms with van der Waals surface area (Å²) in [5, 5.41) is 0.762. The quantitative estimate of drug-likeness (QED) is 0.764. The summed E-state index contributed by atoms with van der Waals surface area (Å²) in [6, 6.07) is 7.99. The van der Waals surface area contributed by atoms with Gasteiger partial charge < -0.3 is 9.64 Å².